The Balaban J connectivity index is 1.59. The first-order valence-corrected chi connectivity index (χ1v) is 9.07. The van der Waals surface area contributed by atoms with Crippen molar-refractivity contribution < 1.29 is 23.3 Å². The maximum absolute atomic E-state index is 13.6. The number of rotatable bonds is 7. The van der Waals surface area contributed by atoms with E-state index in [-0.39, 0.29) is 23.2 Å². The Kier molecular flexibility index (Phi) is 5.99. The number of esters is 1. The van der Waals surface area contributed by atoms with Crippen LogP contribution in [0.2, 0.25) is 0 Å². The molecule has 28 heavy (non-hydrogen) atoms. The summed E-state index contributed by atoms with van der Waals surface area (Å²) in [4.78, 5) is 22.5. The summed E-state index contributed by atoms with van der Waals surface area (Å²) in [6, 6.07) is 11.7. The van der Waals surface area contributed by atoms with Gasteiger partial charge in [-0.3, -0.25) is 14.9 Å². The van der Waals surface area contributed by atoms with Crippen LogP contribution < -0.4 is 0 Å². The van der Waals surface area contributed by atoms with E-state index in [1.807, 2.05) is 0 Å². The molecule has 2 aromatic carbocycles. The lowest BCUT2D eigenvalue weighted by Crippen LogP contribution is -2.11. The molecular weight excluding hydrogens is 389 g/mol. The standard InChI is InChI=1S/C18H14FN3O5S/c1-11(26-16(23)10-28-15-5-3-2-4-14(15)19)17-20-21-18(27-17)12-6-8-13(9-7-12)22(24)25/h2-9,11H,10H2,1H3/t11-/m1/s1. The average Bonchev–Trinajstić information content (AvgIpc) is 3.18. The fraction of sp³-hybridized carbons (Fsp3) is 0.167. The Labute approximate surface area is 162 Å². The molecule has 3 aromatic rings. The van der Waals surface area contributed by atoms with Gasteiger partial charge in [0.15, 0.2) is 6.10 Å². The predicted octanol–water partition coefficient (Wildman–Crippen LogP) is 4.18. The molecule has 1 aromatic heterocycles. The second-order valence-corrected chi connectivity index (χ2v) is 6.62. The van der Waals surface area contributed by atoms with E-state index < -0.39 is 22.8 Å². The number of ether oxygens (including phenoxy) is 1. The van der Waals surface area contributed by atoms with Crippen LogP contribution in [0.4, 0.5) is 10.1 Å². The van der Waals surface area contributed by atoms with Crippen molar-refractivity contribution in [2.24, 2.45) is 0 Å². The first-order valence-electron chi connectivity index (χ1n) is 8.09. The Morgan fingerprint density at radius 2 is 1.96 bits per heavy atom. The van der Waals surface area contributed by atoms with Crippen molar-refractivity contribution in [2.75, 3.05) is 5.75 Å². The summed E-state index contributed by atoms with van der Waals surface area (Å²) in [5, 5.41) is 18.4. The summed E-state index contributed by atoms with van der Waals surface area (Å²) in [5.74, 6) is -0.811. The molecule has 0 N–H and O–H groups in total. The van der Waals surface area contributed by atoms with E-state index in [1.54, 1.807) is 25.1 Å². The molecule has 0 bridgehead atoms. The van der Waals surface area contributed by atoms with Crippen LogP contribution in [0.3, 0.4) is 0 Å². The van der Waals surface area contributed by atoms with E-state index in [0.29, 0.717) is 10.5 Å². The van der Waals surface area contributed by atoms with Crippen LogP contribution in [-0.2, 0) is 9.53 Å². The Hall–Kier alpha value is -3.27. The van der Waals surface area contributed by atoms with Gasteiger partial charge in [0, 0.05) is 22.6 Å². The van der Waals surface area contributed by atoms with E-state index in [4.69, 9.17) is 9.15 Å². The fourth-order valence-corrected chi connectivity index (χ4v) is 2.94. The molecule has 0 fully saturated rings. The van der Waals surface area contributed by atoms with Gasteiger partial charge in [-0.15, -0.1) is 22.0 Å². The molecule has 0 aliphatic rings. The highest BCUT2D eigenvalue weighted by atomic mass is 32.2. The second-order valence-electron chi connectivity index (χ2n) is 5.60. The summed E-state index contributed by atoms with van der Waals surface area (Å²) in [6.45, 7) is 1.57. The number of nitro benzene ring substituents is 1. The third-order valence-corrected chi connectivity index (χ3v) is 4.63. The fourth-order valence-electron chi connectivity index (χ4n) is 2.22. The summed E-state index contributed by atoms with van der Waals surface area (Å²) >= 11 is 1.03. The molecule has 3 rings (SSSR count). The van der Waals surface area contributed by atoms with Gasteiger partial charge in [0.25, 0.3) is 11.6 Å². The second kappa shape index (κ2) is 8.61. The minimum Gasteiger partial charge on any atom is -0.452 e. The van der Waals surface area contributed by atoms with Crippen molar-refractivity contribution in [1.82, 2.24) is 10.2 Å². The van der Waals surface area contributed by atoms with E-state index in [0.717, 1.165) is 11.8 Å². The quantitative estimate of drug-likeness (QED) is 0.250. The molecule has 0 aliphatic carbocycles. The molecule has 0 spiro atoms. The molecule has 0 aliphatic heterocycles. The number of halogens is 1. The third-order valence-electron chi connectivity index (χ3n) is 3.60. The minimum absolute atomic E-state index is 0.0573. The van der Waals surface area contributed by atoms with Crippen LogP contribution in [0.15, 0.2) is 57.8 Å². The van der Waals surface area contributed by atoms with Gasteiger partial charge in [0.2, 0.25) is 5.89 Å². The molecule has 0 saturated heterocycles. The number of carbonyl (C=O) groups excluding carboxylic acids is 1. The summed E-state index contributed by atoms with van der Waals surface area (Å²) in [7, 11) is 0. The van der Waals surface area contributed by atoms with Gasteiger partial charge in [-0.25, -0.2) is 4.39 Å². The summed E-state index contributed by atoms with van der Waals surface area (Å²) < 4.78 is 24.3. The first kappa shape index (κ1) is 19.5. The van der Waals surface area contributed by atoms with Crippen molar-refractivity contribution in [3.8, 4) is 11.5 Å². The minimum atomic E-state index is -0.798. The van der Waals surface area contributed by atoms with Crippen LogP contribution in [0, 0.1) is 15.9 Å². The van der Waals surface area contributed by atoms with E-state index in [2.05, 4.69) is 10.2 Å². The average molecular weight is 403 g/mol. The summed E-state index contributed by atoms with van der Waals surface area (Å²) in [5.41, 5.74) is 0.441. The van der Waals surface area contributed by atoms with Crippen LogP contribution in [0.1, 0.15) is 18.9 Å². The molecular formula is C18H14FN3O5S. The first-order chi connectivity index (χ1) is 13.4. The molecule has 0 saturated carbocycles. The Morgan fingerprint density at radius 3 is 2.64 bits per heavy atom. The van der Waals surface area contributed by atoms with Crippen molar-refractivity contribution in [2.45, 2.75) is 17.9 Å². The smallest absolute Gasteiger partial charge is 0.317 e. The van der Waals surface area contributed by atoms with E-state index in [9.17, 15) is 19.3 Å². The van der Waals surface area contributed by atoms with Crippen molar-refractivity contribution in [3.63, 3.8) is 0 Å². The van der Waals surface area contributed by atoms with Gasteiger partial charge in [0.05, 0.1) is 10.7 Å². The predicted molar refractivity (Wildman–Crippen MR) is 98.0 cm³/mol. The number of hydrogen-bond acceptors (Lipinski definition) is 8. The molecule has 144 valence electrons. The number of thioether (sulfide) groups is 1. The SMILES string of the molecule is C[C@@H](OC(=O)CSc1ccccc1F)c1nnc(-c2ccc([N+](=O)[O-])cc2)o1. The van der Waals surface area contributed by atoms with Crippen LogP contribution in [-0.4, -0.2) is 26.8 Å². The van der Waals surface area contributed by atoms with Gasteiger partial charge in [-0.2, -0.15) is 0 Å². The lowest BCUT2D eigenvalue weighted by Gasteiger charge is -2.09. The van der Waals surface area contributed by atoms with E-state index >= 15 is 0 Å². The van der Waals surface area contributed by atoms with Gasteiger partial charge in [0.1, 0.15) is 5.82 Å². The Bertz CT molecular complexity index is 993. The molecule has 1 atom stereocenters. The van der Waals surface area contributed by atoms with Gasteiger partial charge in [-0.1, -0.05) is 12.1 Å². The zero-order valence-corrected chi connectivity index (χ0v) is 15.4. The highest BCUT2D eigenvalue weighted by molar-refractivity contribution is 8.00. The zero-order chi connectivity index (χ0) is 20.1. The lowest BCUT2D eigenvalue weighted by atomic mass is 10.2. The van der Waals surface area contributed by atoms with Gasteiger partial charge >= 0.3 is 5.97 Å². The van der Waals surface area contributed by atoms with Crippen molar-refractivity contribution in [3.05, 3.63) is 70.4 Å². The highest BCUT2D eigenvalue weighted by Crippen LogP contribution is 2.25. The highest BCUT2D eigenvalue weighted by Gasteiger charge is 2.20. The van der Waals surface area contributed by atoms with Crippen LogP contribution in [0.5, 0.6) is 0 Å². The monoisotopic (exact) mass is 403 g/mol. The maximum Gasteiger partial charge on any atom is 0.317 e. The number of nitrogens with zero attached hydrogens (tertiary/aromatic N) is 3. The number of hydrogen-bond donors (Lipinski definition) is 0. The molecule has 0 radical (unpaired) electrons. The molecule has 8 nitrogen and oxygen atoms in total. The number of benzene rings is 2. The van der Waals surface area contributed by atoms with Gasteiger partial charge < -0.3 is 9.15 Å². The summed E-state index contributed by atoms with van der Waals surface area (Å²) in [6.07, 6.45) is -0.798. The largest absolute Gasteiger partial charge is 0.452 e. The zero-order valence-electron chi connectivity index (χ0n) is 14.6. The maximum atomic E-state index is 13.6. The molecule has 0 unspecified atom stereocenters. The third kappa shape index (κ3) is 4.71. The number of non-ortho nitro benzene ring substituents is 1. The number of nitro groups is 1. The molecule has 10 heteroatoms. The van der Waals surface area contributed by atoms with Gasteiger partial charge in [-0.05, 0) is 31.2 Å². The van der Waals surface area contributed by atoms with Crippen LogP contribution >= 0.6 is 11.8 Å². The normalized spacial score (nSPS) is 11.8. The number of carbonyl (C=O) groups is 1. The van der Waals surface area contributed by atoms with E-state index in [1.165, 1.54) is 30.3 Å². The topological polar surface area (TPSA) is 108 Å². The molecule has 0 amide bonds. The molecule has 1 heterocycles. The Morgan fingerprint density at radius 1 is 1.25 bits per heavy atom. The number of aromatic nitrogens is 2. The van der Waals surface area contributed by atoms with Crippen LogP contribution in [0.25, 0.3) is 11.5 Å². The lowest BCUT2D eigenvalue weighted by molar-refractivity contribution is -0.384. The van der Waals surface area contributed by atoms with Crippen molar-refractivity contribution >= 4 is 23.4 Å². The van der Waals surface area contributed by atoms with Crippen molar-refractivity contribution in [1.29, 1.82) is 0 Å².